The molecule has 6 heteroatoms. The summed E-state index contributed by atoms with van der Waals surface area (Å²) in [5, 5.41) is 7.79. The van der Waals surface area contributed by atoms with Crippen LogP contribution < -0.4 is 0 Å². The number of halogens is 1. The SMILES string of the molecule is CN1CC(C#N)=CC=CC1S(=O)(=O)Cl. The van der Waals surface area contributed by atoms with Crippen LogP contribution in [-0.2, 0) is 9.05 Å². The molecule has 0 amide bonds. The number of rotatable bonds is 1. The monoisotopic (exact) mass is 232 g/mol. The highest BCUT2D eigenvalue weighted by Crippen LogP contribution is 2.16. The van der Waals surface area contributed by atoms with Crippen molar-refractivity contribution in [1.29, 1.82) is 5.26 Å². The zero-order valence-corrected chi connectivity index (χ0v) is 9.09. The van der Waals surface area contributed by atoms with E-state index in [0.717, 1.165) is 0 Å². The van der Waals surface area contributed by atoms with E-state index in [1.165, 1.54) is 17.1 Å². The molecule has 0 aromatic rings. The number of hydrogen-bond donors (Lipinski definition) is 0. The van der Waals surface area contributed by atoms with Crippen LogP contribution in [0.4, 0.5) is 0 Å². The van der Waals surface area contributed by atoms with Gasteiger partial charge in [0.25, 0.3) is 9.05 Å². The lowest BCUT2D eigenvalue weighted by atomic mass is 10.3. The highest BCUT2D eigenvalue weighted by Gasteiger charge is 2.26. The van der Waals surface area contributed by atoms with Crippen molar-refractivity contribution in [1.82, 2.24) is 4.90 Å². The normalized spacial score (nSPS) is 23.8. The van der Waals surface area contributed by atoms with Gasteiger partial charge >= 0.3 is 0 Å². The fourth-order valence-corrected chi connectivity index (χ4v) is 2.58. The Balaban J connectivity index is 2.97. The van der Waals surface area contributed by atoms with Crippen molar-refractivity contribution in [2.75, 3.05) is 13.6 Å². The maximum absolute atomic E-state index is 11.1. The van der Waals surface area contributed by atoms with Crippen molar-refractivity contribution in [2.45, 2.75) is 5.37 Å². The molecule has 0 aromatic heterocycles. The molecule has 4 nitrogen and oxygen atoms in total. The number of likely N-dealkylation sites (N-methyl/N-ethyl adjacent to an activating group) is 1. The highest BCUT2D eigenvalue weighted by atomic mass is 35.7. The molecule has 0 N–H and O–H groups in total. The number of allylic oxidation sites excluding steroid dienone is 2. The summed E-state index contributed by atoms with van der Waals surface area (Å²) in [6.07, 6.45) is 4.57. The minimum absolute atomic E-state index is 0.278. The predicted octanol–water partition coefficient (Wildman–Crippen LogP) is 0.833. The number of nitrogens with zero attached hydrogens (tertiary/aromatic N) is 2. The van der Waals surface area contributed by atoms with E-state index in [0.29, 0.717) is 5.57 Å². The van der Waals surface area contributed by atoms with Crippen LogP contribution in [0.5, 0.6) is 0 Å². The average Bonchev–Trinajstić information content (AvgIpc) is 2.25. The first-order chi connectivity index (χ1) is 6.45. The Hall–Kier alpha value is -0.830. The quantitative estimate of drug-likeness (QED) is 0.629. The first-order valence-electron chi connectivity index (χ1n) is 3.86. The lowest BCUT2D eigenvalue weighted by Gasteiger charge is -2.20. The van der Waals surface area contributed by atoms with Gasteiger partial charge in [0, 0.05) is 22.8 Å². The van der Waals surface area contributed by atoms with E-state index in [-0.39, 0.29) is 6.54 Å². The molecule has 0 saturated heterocycles. The standard InChI is InChI=1S/C8H9ClN2O2S/c1-11-6-7(5-10)3-2-4-8(11)14(9,12)13/h2-4,8H,6H2,1H3. The summed E-state index contributed by atoms with van der Waals surface area (Å²) in [6, 6.07) is 1.98. The third kappa shape index (κ3) is 2.58. The fourth-order valence-electron chi connectivity index (χ4n) is 1.21. The van der Waals surface area contributed by atoms with Gasteiger partial charge < -0.3 is 0 Å². The minimum atomic E-state index is -3.66. The molecule has 76 valence electrons. The number of nitriles is 1. The Bertz CT molecular complexity index is 419. The smallest absolute Gasteiger partial charge is 0.252 e. The molecule has 0 aliphatic carbocycles. The largest absolute Gasteiger partial charge is 0.281 e. The molecule has 1 atom stereocenters. The summed E-state index contributed by atoms with van der Waals surface area (Å²) < 4.78 is 22.2. The zero-order chi connectivity index (χ0) is 10.8. The second kappa shape index (κ2) is 4.13. The van der Waals surface area contributed by atoms with E-state index in [2.05, 4.69) is 0 Å². The van der Waals surface area contributed by atoms with Crippen LogP contribution in [0, 0.1) is 11.3 Å². The molecule has 1 heterocycles. The molecule has 0 spiro atoms. The van der Waals surface area contributed by atoms with Gasteiger partial charge in [0.2, 0.25) is 0 Å². The predicted molar refractivity (Wildman–Crippen MR) is 54.0 cm³/mol. The van der Waals surface area contributed by atoms with E-state index in [4.69, 9.17) is 15.9 Å². The third-order valence-corrected chi connectivity index (χ3v) is 3.50. The molecule has 0 aromatic carbocycles. The summed E-state index contributed by atoms with van der Waals surface area (Å²) in [4.78, 5) is 1.50. The molecule has 1 unspecified atom stereocenters. The van der Waals surface area contributed by atoms with Crippen LogP contribution in [0.2, 0.25) is 0 Å². The Morgan fingerprint density at radius 3 is 2.86 bits per heavy atom. The van der Waals surface area contributed by atoms with Crippen LogP contribution in [0.15, 0.2) is 23.8 Å². The maximum atomic E-state index is 11.1. The summed E-state index contributed by atoms with van der Waals surface area (Å²) in [5.41, 5.74) is 0.506. The highest BCUT2D eigenvalue weighted by molar-refractivity contribution is 8.14. The maximum Gasteiger partial charge on any atom is 0.252 e. The molecule has 0 radical (unpaired) electrons. The molecule has 0 fully saturated rings. The van der Waals surface area contributed by atoms with E-state index in [9.17, 15) is 8.42 Å². The van der Waals surface area contributed by atoms with Gasteiger partial charge in [0.1, 0.15) is 5.37 Å². The fraction of sp³-hybridized carbons (Fsp3) is 0.375. The van der Waals surface area contributed by atoms with Gasteiger partial charge in [-0.3, -0.25) is 4.90 Å². The van der Waals surface area contributed by atoms with Crippen LogP contribution in [0.25, 0.3) is 0 Å². The van der Waals surface area contributed by atoms with Gasteiger partial charge in [-0.1, -0.05) is 12.2 Å². The molecule has 1 rings (SSSR count). The van der Waals surface area contributed by atoms with E-state index < -0.39 is 14.4 Å². The van der Waals surface area contributed by atoms with Crippen molar-refractivity contribution in [3.63, 3.8) is 0 Å². The van der Waals surface area contributed by atoms with E-state index in [1.807, 2.05) is 6.07 Å². The Morgan fingerprint density at radius 2 is 2.36 bits per heavy atom. The minimum Gasteiger partial charge on any atom is -0.281 e. The zero-order valence-electron chi connectivity index (χ0n) is 7.51. The van der Waals surface area contributed by atoms with E-state index in [1.54, 1.807) is 13.1 Å². The Kier molecular flexibility index (Phi) is 3.32. The second-order valence-corrected chi connectivity index (χ2v) is 5.69. The van der Waals surface area contributed by atoms with Crippen LogP contribution in [0.1, 0.15) is 0 Å². The molecule has 1 aliphatic heterocycles. The van der Waals surface area contributed by atoms with Crippen LogP contribution in [-0.4, -0.2) is 32.3 Å². The lowest BCUT2D eigenvalue weighted by molar-refractivity contribution is 0.370. The van der Waals surface area contributed by atoms with Gasteiger partial charge in [-0.2, -0.15) is 5.26 Å². The van der Waals surface area contributed by atoms with Crippen molar-refractivity contribution in [3.05, 3.63) is 23.8 Å². The summed E-state index contributed by atoms with van der Waals surface area (Å²) in [5.74, 6) is 0. The Morgan fingerprint density at radius 1 is 1.71 bits per heavy atom. The second-order valence-electron chi connectivity index (χ2n) is 2.97. The van der Waals surface area contributed by atoms with E-state index >= 15 is 0 Å². The summed E-state index contributed by atoms with van der Waals surface area (Å²) in [6.45, 7) is 0.278. The first-order valence-corrected chi connectivity index (χ1v) is 6.23. The number of hydrogen-bond acceptors (Lipinski definition) is 4. The molecule has 0 saturated carbocycles. The van der Waals surface area contributed by atoms with Gasteiger partial charge in [-0.15, -0.1) is 0 Å². The van der Waals surface area contributed by atoms with Crippen molar-refractivity contribution >= 4 is 19.7 Å². The van der Waals surface area contributed by atoms with Gasteiger partial charge in [0.05, 0.1) is 6.07 Å². The molecule has 14 heavy (non-hydrogen) atoms. The molecule has 1 aliphatic rings. The molecular weight excluding hydrogens is 224 g/mol. The van der Waals surface area contributed by atoms with Crippen molar-refractivity contribution in [2.24, 2.45) is 0 Å². The topological polar surface area (TPSA) is 61.2 Å². The third-order valence-electron chi connectivity index (χ3n) is 1.86. The molecular formula is C8H9ClN2O2S. The van der Waals surface area contributed by atoms with Crippen LogP contribution in [0.3, 0.4) is 0 Å². The van der Waals surface area contributed by atoms with Gasteiger partial charge in [0.15, 0.2) is 0 Å². The van der Waals surface area contributed by atoms with Crippen molar-refractivity contribution in [3.8, 4) is 6.07 Å². The molecule has 0 bridgehead atoms. The lowest BCUT2D eigenvalue weighted by Crippen LogP contribution is -2.35. The first kappa shape index (κ1) is 11.2. The summed E-state index contributed by atoms with van der Waals surface area (Å²) in [7, 11) is 3.18. The Labute approximate surface area is 87.5 Å². The van der Waals surface area contributed by atoms with Crippen molar-refractivity contribution < 1.29 is 8.42 Å². The average molecular weight is 233 g/mol. The van der Waals surface area contributed by atoms with Gasteiger partial charge in [-0.25, -0.2) is 8.42 Å². The van der Waals surface area contributed by atoms with Gasteiger partial charge in [-0.05, 0) is 13.1 Å². The summed E-state index contributed by atoms with van der Waals surface area (Å²) >= 11 is 0. The van der Waals surface area contributed by atoms with Crippen LogP contribution >= 0.6 is 10.7 Å².